The lowest BCUT2D eigenvalue weighted by Gasteiger charge is -1.92. The molecule has 0 aromatic heterocycles. The third-order valence-electron chi connectivity index (χ3n) is 0.307. The van der Waals surface area contributed by atoms with Crippen LogP contribution in [0.2, 0.25) is 0 Å². The fourth-order valence-electron chi connectivity index (χ4n) is 0.131. The molecule has 4 heteroatoms. The van der Waals surface area contributed by atoms with Gasteiger partial charge in [-0.15, -0.1) is 0 Å². The van der Waals surface area contributed by atoms with E-state index in [9.17, 15) is 9.59 Å². The van der Waals surface area contributed by atoms with Crippen LogP contribution in [0.1, 0.15) is 6.92 Å². The smallest absolute Gasteiger partial charge is 0.235 e. The molecule has 0 atom stereocenters. The highest BCUT2D eigenvalue weighted by atomic mass is 16.2. The van der Waals surface area contributed by atoms with Crippen molar-refractivity contribution >= 4 is 12.3 Å². The molecule has 0 aromatic carbocycles. The van der Waals surface area contributed by atoms with Crippen molar-refractivity contribution in [2.24, 2.45) is 0 Å². The standard InChI is InChI=1S/C3H6N2O2/c1-3(7)5-4-2-6/h2H,1H3,(H,4,6)(H,5,7). The average Bonchev–Trinajstić information content (AvgIpc) is 1.61. The molecule has 0 radical (unpaired) electrons. The zero-order valence-corrected chi connectivity index (χ0v) is 3.89. The molecule has 0 spiro atoms. The molecule has 0 fully saturated rings. The maximum Gasteiger partial charge on any atom is 0.235 e. The van der Waals surface area contributed by atoms with Gasteiger partial charge in [0.15, 0.2) is 0 Å². The van der Waals surface area contributed by atoms with Gasteiger partial charge in [-0.05, 0) is 0 Å². The van der Waals surface area contributed by atoms with Crippen LogP contribution in [0.25, 0.3) is 0 Å². The topological polar surface area (TPSA) is 58.2 Å². The molecule has 7 heavy (non-hydrogen) atoms. The first-order valence-corrected chi connectivity index (χ1v) is 1.73. The maximum atomic E-state index is 9.87. The highest BCUT2D eigenvalue weighted by molar-refractivity contribution is 5.73. The van der Waals surface area contributed by atoms with Gasteiger partial charge >= 0.3 is 0 Å². The predicted octanol–water partition coefficient (Wildman–Crippen LogP) is -1.22. The molecule has 2 N–H and O–H groups in total. The van der Waals surface area contributed by atoms with Crippen molar-refractivity contribution < 1.29 is 9.59 Å². The van der Waals surface area contributed by atoms with Crippen LogP contribution in [-0.2, 0) is 9.59 Å². The van der Waals surface area contributed by atoms with Gasteiger partial charge in [-0.1, -0.05) is 0 Å². The summed E-state index contributed by atoms with van der Waals surface area (Å²) in [4.78, 5) is 19.3. The van der Waals surface area contributed by atoms with Crippen LogP contribution in [0.15, 0.2) is 0 Å². The Kier molecular flexibility index (Phi) is 2.67. The summed E-state index contributed by atoms with van der Waals surface area (Å²) < 4.78 is 0. The Morgan fingerprint density at radius 2 is 2.29 bits per heavy atom. The Morgan fingerprint density at radius 1 is 1.71 bits per heavy atom. The van der Waals surface area contributed by atoms with E-state index < -0.39 is 0 Å². The highest BCUT2D eigenvalue weighted by Gasteiger charge is 1.80. The van der Waals surface area contributed by atoms with Gasteiger partial charge < -0.3 is 0 Å². The Labute approximate surface area is 40.9 Å². The number of amides is 2. The number of rotatable bonds is 2. The van der Waals surface area contributed by atoms with Crippen LogP contribution in [0.3, 0.4) is 0 Å². The molecule has 0 aromatic rings. The second kappa shape index (κ2) is 3.14. The van der Waals surface area contributed by atoms with Crippen molar-refractivity contribution in [3.8, 4) is 0 Å². The second-order valence-corrected chi connectivity index (χ2v) is 0.943. The molecule has 2 amide bonds. The van der Waals surface area contributed by atoms with Gasteiger partial charge in [0, 0.05) is 6.92 Å². The fraction of sp³-hybridized carbons (Fsp3) is 0.333. The van der Waals surface area contributed by atoms with Crippen LogP contribution in [0, 0.1) is 0 Å². The van der Waals surface area contributed by atoms with Crippen molar-refractivity contribution in [3.63, 3.8) is 0 Å². The van der Waals surface area contributed by atoms with E-state index in [0.29, 0.717) is 6.41 Å². The summed E-state index contributed by atoms with van der Waals surface area (Å²) >= 11 is 0. The number of carbonyl (C=O) groups is 2. The van der Waals surface area contributed by atoms with E-state index in [0.717, 1.165) is 0 Å². The van der Waals surface area contributed by atoms with Gasteiger partial charge in [-0.2, -0.15) is 0 Å². The fourth-order valence-corrected chi connectivity index (χ4v) is 0.131. The summed E-state index contributed by atoms with van der Waals surface area (Å²) in [5, 5.41) is 0. The summed E-state index contributed by atoms with van der Waals surface area (Å²) in [5.74, 6) is -0.285. The summed E-state index contributed by atoms with van der Waals surface area (Å²) in [7, 11) is 0. The molecule has 0 saturated carbocycles. The quantitative estimate of drug-likeness (QED) is 0.339. The van der Waals surface area contributed by atoms with Crippen LogP contribution >= 0.6 is 0 Å². The Hall–Kier alpha value is -1.06. The number of hydrogen-bond acceptors (Lipinski definition) is 2. The average molecular weight is 102 g/mol. The van der Waals surface area contributed by atoms with E-state index in [1.807, 2.05) is 10.9 Å². The molecule has 0 unspecified atom stereocenters. The normalized spacial score (nSPS) is 7.00. The largest absolute Gasteiger partial charge is 0.277 e. The summed E-state index contributed by atoms with van der Waals surface area (Å²) in [6.45, 7) is 1.30. The van der Waals surface area contributed by atoms with Crippen LogP contribution in [0.4, 0.5) is 0 Å². The SMILES string of the molecule is CC(=O)NNC=O. The van der Waals surface area contributed by atoms with Gasteiger partial charge in [0.05, 0.1) is 0 Å². The number of hydrazine groups is 1. The lowest BCUT2D eigenvalue weighted by atomic mass is 10.8. The molecule has 0 aliphatic carbocycles. The van der Waals surface area contributed by atoms with Crippen LogP contribution < -0.4 is 10.9 Å². The van der Waals surface area contributed by atoms with Crippen molar-refractivity contribution in [1.29, 1.82) is 0 Å². The minimum absolute atomic E-state index is 0.285. The monoisotopic (exact) mass is 102 g/mol. The van der Waals surface area contributed by atoms with Gasteiger partial charge in [-0.3, -0.25) is 20.4 Å². The van der Waals surface area contributed by atoms with Crippen molar-refractivity contribution in [1.82, 2.24) is 10.9 Å². The maximum absolute atomic E-state index is 9.87. The number of hydrogen-bond donors (Lipinski definition) is 2. The molecule has 0 aliphatic heterocycles. The van der Waals surface area contributed by atoms with Gasteiger partial charge in [0.25, 0.3) is 0 Å². The minimum Gasteiger partial charge on any atom is -0.277 e. The zero-order chi connectivity index (χ0) is 5.70. The first kappa shape index (κ1) is 5.94. The van der Waals surface area contributed by atoms with E-state index in [1.54, 1.807) is 0 Å². The highest BCUT2D eigenvalue weighted by Crippen LogP contribution is 1.46. The van der Waals surface area contributed by atoms with Crippen LogP contribution in [-0.4, -0.2) is 12.3 Å². The van der Waals surface area contributed by atoms with Gasteiger partial charge in [0.2, 0.25) is 12.3 Å². The van der Waals surface area contributed by atoms with Crippen molar-refractivity contribution in [2.45, 2.75) is 6.92 Å². The van der Waals surface area contributed by atoms with Crippen LogP contribution in [0.5, 0.6) is 0 Å². The minimum atomic E-state index is -0.285. The summed E-state index contributed by atoms with van der Waals surface area (Å²) in [6, 6.07) is 0. The first-order valence-electron chi connectivity index (χ1n) is 1.73. The predicted molar refractivity (Wildman–Crippen MR) is 23.0 cm³/mol. The first-order chi connectivity index (χ1) is 3.27. The van der Waals surface area contributed by atoms with E-state index in [2.05, 4.69) is 0 Å². The molecule has 0 saturated heterocycles. The molecular weight excluding hydrogens is 96.0 g/mol. The summed E-state index contributed by atoms with van der Waals surface area (Å²) in [5.41, 5.74) is 4.01. The molecule has 0 heterocycles. The lowest BCUT2D eigenvalue weighted by molar-refractivity contribution is -0.122. The molecule has 0 bridgehead atoms. The van der Waals surface area contributed by atoms with Gasteiger partial charge in [0.1, 0.15) is 0 Å². The molecule has 4 nitrogen and oxygen atoms in total. The Balaban J connectivity index is 2.97. The third-order valence-corrected chi connectivity index (χ3v) is 0.307. The molecule has 40 valence electrons. The molecule has 0 aliphatic rings. The van der Waals surface area contributed by atoms with E-state index >= 15 is 0 Å². The zero-order valence-electron chi connectivity index (χ0n) is 3.89. The Bertz CT molecular complexity index is 81.0. The Morgan fingerprint density at radius 3 is 2.43 bits per heavy atom. The lowest BCUT2D eigenvalue weighted by Crippen LogP contribution is -2.34. The van der Waals surface area contributed by atoms with E-state index in [-0.39, 0.29) is 5.91 Å². The molecular formula is C3H6N2O2. The third kappa shape index (κ3) is 4.94. The van der Waals surface area contributed by atoms with E-state index in [4.69, 9.17) is 0 Å². The van der Waals surface area contributed by atoms with Crippen molar-refractivity contribution in [3.05, 3.63) is 0 Å². The summed E-state index contributed by atoms with van der Waals surface area (Å²) in [6.07, 6.45) is 0.390. The second-order valence-electron chi connectivity index (χ2n) is 0.943. The molecule has 0 rings (SSSR count). The number of nitrogens with one attached hydrogen (secondary N) is 2. The van der Waals surface area contributed by atoms with Crippen molar-refractivity contribution in [2.75, 3.05) is 0 Å². The van der Waals surface area contributed by atoms with E-state index in [1.165, 1.54) is 6.92 Å². The number of carbonyl (C=O) groups excluding carboxylic acids is 2. The van der Waals surface area contributed by atoms with Gasteiger partial charge in [-0.25, -0.2) is 0 Å².